The van der Waals surface area contributed by atoms with Crippen LogP contribution in [0.5, 0.6) is 17.2 Å². The van der Waals surface area contributed by atoms with Crippen LogP contribution < -0.4 is 19.7 Å². The summed E-state index contributed by atoms with van der Waals surface area (Å²) in [7, 11) is 1.58. The van der Waals surface area contributed by atoms with Gasteiger partial charge in [0, 0.05) is 12.1 Å². The van der Waals surface area contributed by atoms with Crippen LogP contribution >= 0.6 is 0 Å². The molecule has 0 radical (unpaired) electrons. The number of benzene rings is 1. The van der Waals surface area contributed by atoms with Gasteiger partial charge in [-0.3, -0.25) is 4.79 Å². The van der Waals surface area contributed by atoms with E-state index in [1.165, 1.54) is 12.3 Å². The highest BCUT2D eigenvalue weighted by molar-refractivity contribution is 6.22. The Balaban J connectivity index is 1.88. The first-order valence-corrected chi connectivity index (χ1v) is 7.64. The number of hydrogen-bond acceptors (Lipinski definition) is 6. The van der Waals surface area contributed by atoms with Gasteiger partial charge in [0.15, 0.2) is 11.6 Å². The topological polar surface area (TPSA) is 93.7 Å². The van der Waals surface area contributed by atoms with Crippen LogP contribution in [0, 0.1) is 6.92 Å². The van der Waals surface area contributed by atoms with Gasteiger partial charge in [-0.05, 0) is 32.4 Å². The van der Waals surface area contributed by atoms with Crippen molar-refractivity contribution in [3.8, 4) is 17.2 Å². The van der Waals surface area contributed by atoms with E-state index in [-0.39, 0.29) is 5.82 Å². The zero-order valence-electron chi connectivity index (χ0n) is 14.4. The average Bonchev–Trinajstić information content (AvgIpc) is 2.77. The molecule has 2 heterocycles. The summed E-state index contributed by atoms with van der Waals surface area (Å²) in [5.74, 6) is 1.28. The molecule has 25 heavy (non-hydrogen) atoms. The number of urea groups is 1. The third-order valence-corrected chi connectivity index (χ3v) is 3.82. The minimum absolute atomic E-state index is 0.102. The first-order valence-electron chi connectivity index (χ1n) is 7.64. The number of nitrogens with zero attached hydrogens (tertiary/aromatic N) is 3. The minimum atomic E-state index is -0.986. The number of anilines is 1. The van der Waals surface area contributed by atoms with Crippen LogP contribution in [0.3, 0.4) is 0 Å². The predicted octanol–water partition coefficient (Wildman–Crippen LogP) is 2.42. The molecule has 1 N–H and O–H groups in total. The van der Waals surface area contributed by atoms with Crippen LogP contribution in [0.25, 0.3) is 0 Å². The normalized spacial score (nSPS) is 15.9. The number of rotatable bonds is 4. The van der Waals surface area contributed by atoms with Gasteiger partial charge >= 0.3 is 6.03 Å². The molecule has 8 nitrogen and oxygen atoms in total. The van der Waals surface area contributed by atoms with E-state index in [9.17, 15) is 9.59 Å². The van der Waals surface area contributed by atoms with Crippen molar-refractivity contribution in [2.45, 2.75) is 26.3 Å². The van der Waals surface area contributed by atoms with Gasteiger partial charge in [0.1, 0.15) is 17.0 Å². The molecule has 0 saturated carbocycles. The fourth-order valence-corrected chi connectivity index (χ4v) is 2.46. The van der Waals surface area contributed by atoms with Crippen molar-refractivity contribution >= 4 is 17.8 Å². The van der Waals surface area contributed by atoms with E-state index in [2.05, 4.69) is 15.5 Å². The summed E-state index contributed by atoms with van der Waals surface area (Å²) in [6.07, 6.45) is 1.40. The molecule has 1 aliphatic heterocycles. The van der Waals surface area contributed by atoms with Crippen LogP contribution in [0.4, 0.5) is 10.6 Å². The van der Waals surface area contributed by atoms with Crippen LogP contribution in [-0.4, -0.2) is 34.8 Å². The monoisotopic (exact) mass is 342 g/mol. The standard InChI is InChI=1S/C17H18N4O4/c1-10-5-6-11(7-13(10)24-4)25-12-8-14(20-18-9-12)21-15(22)17(2,3)19-16(21)23/h5-9H,1-4H3,(H,19,23). The van der Waals surface area contributed by atoms with E-state index in [0.717, 1.165) is 10.5 Å². The molecule has 3 rings (SSSR count). The summed E-state index contributed by atoms with van der Waals surface area (Å²) in [5, 5.41) is 10.3. The Morgan fingerprint density at radius 2 is 1.92 bits per heavy atom. The third-order valence-electron chi connectivity index (χ3n) is 3.82. The highest BCUT2D eigenvalue weighted by atomic mass is 16.5. The summed E-state index contributed by atoms with van der Waals surface area (Å²) in [5.41, 5.74) is -0.00935. The molecule has 130 valence electrons. The Bertz CT molecular complexity index is 850. The Hall–Kier alpha value is -3.16. The number of nitrogens with one attached hydrogen (secondary N) is 1. The zero-order valence-corrected chi connectivity index (χ0v) is 14.4. The molecule has 8 heteroatoms. The number of hydrogen-bond donors (Lipinski definition) is 1. The maximum atomic E-state index is 12.3. The molecular formula is C17H18N4O4. The van der Waals surface area contributed by atoms with Crippen molar-refractivity contribution in [3.05, 3.63) is 36.0 Å². The van der Waals surface area contributed by atoms with Crippen molar-refractivity contribution in [2.75, 3.05) is 12.0 Å². The van der Waals surface area contributed by atoms with E-state index in [1.807, 2.05) is 13.0 Å². The van der Waals surface area contributed by atoms with Crippen LogP contribution in [0.15, 0.2) is 30.5 Å². The molecule has 0 aliphatic carbocycles. The number of methoxy groups -OCH3 is 1. The lowest BCUT2D eigenvalue weighted by molar-refractivity contribution is -0.121. The van der Waals surface area contributed by atoms with Gasteiger partial charge in [-0.15, -0.1) is 5.10 Å². The molecule has 0 atom stereocenters. The number of amides is 3. The third kappa shape index (κ3) is 3.10. The summed E-state index contributed by atoms with van der Waals surface area (Å²) in [6.45, 7) is 5.17. The lowest BCUT2D eigenvalue weighted by Crippen LogP contribution is -2.40. The van der Waals surface area contributed by atoms with E-state index in [1.54, 1.807) is 33.1 Å². The molecule has 1 aromatic carbocycles. The Morgan fingerprint density at radius 1 is 1.16 bits per heavy atom. The lowest BCUT2D eigenvalue weighted by atomic mass is 10.1. The molecular weight excluding hydrogens is 324 g/mol. The van der Waals surface area contributed by atoms with Crippen LogP contribution in [-0.2, 0) is 4.79 Å². The van der Waals surface area contributed by atoms with E-state index < -0.39 is 17.5 Å². The zero-order chi connectivity index (χ0) is 18.2. The van der Waals surface area contributed by atoms with Crippen molar-refractivity contribution in [2.24, 2.45) is 0 Å². The Labute approximate surface area is 144 Å². The summed E-state index contributed by atoms with van der Waals surface area (Å²) < 4.78 is 11.0. The smallest absolute Gasteiger partial charge is 0.330 e. The number of aryl methyl sites for hydroxylation is 1. The SMILES string of the molecule is COc1cc(Oc2cnnc(N3C(=O)NC(C)(C)C3=O)c2)ccc1C. The molecule has 0 unspecified atom stereocenters. The lowest BCUT2D eigenvalue weighted by Gasteiger charge is -2.15. The fourth-order valence-electron chi connectivity index (χ4n) is 2.46. The number of imide groups is 1. The van der Waals surface area contributed by atoms with Crippen LogP contribution in [0.1, 0.15) is 19.4 Å². The minimum Gasteiger partial charge on any atom is -0.496 e. The van der Waals surface area contributed by atoms with Gasteiger partial charge in [0.05, 0.1) is 13.3 Å². The van der Waals surface area contributed by atoms with Crippen molar-refractivity contribution < 1.29 is 19.1 Å². The molecule has 1 aromatic heterocycles. The quantitative estimate of drug-likeness (QED) is 0.858. The van der Waals surface area contributed by atoms with Gasteiger partial charge in [0.25, 0.3) is 5.91 Å². The van der Waals surface area contributed by atoms with Gasteiger partial charge in [-0.1, -0.05) is 6.07 Å². The molecule has 1 saturated heterocycles. The highest BCUT2D eigenvalue weighted by Gasteiger charge is 2.46. The van der Waals surface area contributed by atoms with Crippen molar-refractivity contribution in [1.82, 2.24) is 15.5 Å². The number of aromatic nitrogens is 2. The summed E-state index contributed by atoms with van der Waals surface area (Å²) in [6, 6.07) is 6.33. The van der Waals surface area contributed by atoms with E-state index in [4.69, 9.17) is 9.47 Å². The average molecular weight is 342 g/mol. The Morgan fingerprint density at radius 3 is 2.56 bits per heavy atom. The molecule has 3 amide bonds. The highest BCUT2D eigenvalue weighted by Crippen LogP contribution is 2.30. The van der Waals surface area contributed by atoms with E-state index >= 15 is 0 Å². The van der Waals surface area contributed by atoms with E-state index in [0.29, 0.717) is 17.2 Å². The largest absolute Gasteiger partial charge is 0.496 e. The first kappa shape index (κ1) is 16.7. The summed E-state index contributed by atoms with van der Waals surface area (Å²) >= 11 is 0. The fraction of sp³-hybridized carbons (Fsp3) is 0.294. The maximum absolute atomic E-state index is 12.3. The number of carbonyl (C=O) groups is 2. The number of carbonyl (C=O) groups excluding carboxylic acids is 2. The molecule has 1 fully saturated rings. The first-order chi connectivity index (χ1) is 11.8. The second-order valence-corrected chi connectivity index (χ2v) is 6.18. The van der Waals surface area contributed by atoms with Gasteiger partial charge in [-0.25, -0.2) is 9.69 Å². The molecule has 0 spiro atoms. The van der Waals surface area contributed by atoms with Crippen LogP contribution in [0.2, 0.25) is 0 Å². The van der Waals surface area contributed by atoms with Gasteiger partial charge in [-0.2, -0.15) is 5.10 Å². The second-order valence-electron chi connectivity index (χ2n) is 6.18. The molecule has 1 aliphatic rings. The van der Waals surface area contributed by atoms with Gasteiger partial charge in [0.2, 0.25) is 0 Å². The van der Waals surface area contributed by atoms with Crippen molar-refractivity contribution in [3.63, 3.8) is 0 Å². The second kappa shape index (κ2) is 6.04. The predicted molar refractivity (Wildman–Crippen MR) is 89.9 cm³/mol. The summed E-state index contributed by atoms with van der Waals surface area (Å²) in [4.78, 5) is 25.4. The Kier molecular flexibility index (Phi) is 4.03. The van der Waals surface area contributed by atoms with Crippen molar-refractivity contribution in [1.29, 1.82) is 0 Å². The molecule has 2 aromatic rings. The molecule has 0 bridgehead atoms. The number of ether oxygens (including phenoxy) is 2. The van der Waals surface area contributed by atoms with Gasteiger partial charge < -0.3 is 14.8 Å². The maximum Gasteiger partial charge on any atom is 0.330 e.